The summed E-state index contributed by atoms with van der Waals surface area (Å²) in [5.74, 6) is 0. The molecule has 0 aromatic carbocycles. The summed E-state index contributed by atoms with van der Waals surface area (Å²) in [7, 11) is 0. The molecule has 0 radical (unpaired) electrons. The molecule has 0 spiro atoms. The SMILES string of the molecule is C[C@H](CO)N1CCOC1=O. The van der Waals surface area contributed by atoms with Crippen molar-refractivity contribution in [3.63, 3.8) is 0 Å². The normalized spacial score (nSPS) is 21.0. The maximum atomic E-state index is 10.8. The van der Waals surface area contributed by atoms with Gasteiger partial charge in [0.1, 0.15) is 6.61 Å². The van der Waals surface area contributed by atoms with Crippen molar-refractivity contribution in [2.75, 3.05) is 19.8 Å². The molecule has 1 atom stereocenters. The van der Waals surface area contributed by atoms with Crippen molar-refractivity contribution < 1.29 is 14.6 Å². The van der Waals surface area contributed by atoms with Crippen LogP contribution in [-0.2, 0) is 4.74 Å². The summed E-state index contributed by atoms with van der Waals surface area (Å²) < 4.78 is 4.66. The van der Waals surface area contributed by atoms with Gasteiger partial charge >= 0.3 is 6.09 Å². The highest BCUT2D eigenvalue weighted by Gasteiger charge is 2.25. The lowest BCUT2D eigenvalue weighted by Crippen LogP contribution is -2.36. The van der Waals surface area contributed by atoms with Gasteiger partial charge in [-0.05, 0) is 6.92 Å². The maximum Gasteiger partial charge on any atom is 0.410 e. The summed E-state index contributed by atoms with van der Waals surface area (Å²) in [6.07, 6.45) is -0.318. The molecule has 58 valence electrons. The number of carbonyl (C=O) groups excluding carboxylic acids is 1. The van der Waals surface area contributed by atoms with E-state index in [-0.39, 0.29) is 18.7 Å². The zero-order chi connectivity index (χ0) is 7.56. The van der Waals surface area contributed by atoms with E-state index in [0.29, 0.717) is 13.2 Å². The smallest absolute Gasteiger partial charge is 0.410 e. The van der Waals surface area contributed by atoms with E-state index >= 15 is 0 Å². The summed E-state index contributed by atoms with van der Waals surface area (Å²) in [6.45, 7) is 2.82. The number of rotatable bonds is 2. The monoisotopic (exact) mass is 145 g/mol. The Morgan fingerprint density at radius 2 is 2.60 bits per heavy atom. The van der Waals surface area contributed by atoms with Crippen molar-refractivity contribution in [3.05, 3.63) is 0 Å². The van der Waals surface area contributed by atoms with E-state index in [1.165, 1.54) is 4.90 Å². The van der Waals surface area contributed by atoms with Crippen molar-refractivity contribution in [3.8, 4) is 0 Å². The Kier molecular flexibility index (Phi) is 2.11. The number of carbonyl (C=O) groups is 1. The molecule has 0 aliphatic carbocycles. The van der Waals surface area contributed by atoms with Crippen LogP contribution < -0.4 is 0 Å². The Balaban J connectivity index is 2.46. The van der Waals surface area contributed by atoms with E-state index in [1.807, 2.05) is 0 Å². The van der Waals surface area contributed by atoms with E-state index in [9.17, 15) is 4.79 Å². The molecule has 4 nitrogen and oxygen atoms in total. The summed E-state index contributed by atoms with van der Waals surface area (Å²) in [5.41, 5.74) is 0. The fourth-order valence-corrected chi connectivity index (χ4v) is 0.904. The number of cyclic esters (lactones) is 1. The lowest BCUT2D eigenvalue weighted by Gasteiger charge is -2.18. The van der Waals surface area contributed by atoms with Crippen LogP contribution in [-0.4, -0.2) is 41.9 Å². The van der Waals surface area contributed by atoms with Gasteiger partial charge in [-0.2, -0.15) is 0 Å². The second-order valence-electron chi connectivity index (χ2n) is 2.34. The number of aliphatic hydroxyl groups is 1. The van der Waals surface area contributed by atoms with Gasteiger partial charge in [-0.25, -0.2) is 4.79 Å². The van der Waals surface area contributed by atoms with Gasteiger partial charge in [-0.15, -0.1) is 0 Å². The standard InChI is InChI=1S/C6H11NO3/c1-5(4-8)7-2-3-10-6(7)9/h5,8H,2-4H2,1H3/t5-/m1/s1. The van der Waals surface area contributed by atoms with Gasteiger partial charge in [-0.3, -0.25) is 4.90 Å². The van der Waals surface area contributed by atoms with Gasteiger partial charge < -0.3 is 9.84 Å². The first-order chi connectivity index (χ1) is 4.75. The fraction of sp³-hybridized carbons (Fsp3) is 0.833. The molecule has 1 fully saturated rings. The highest BCUT2D eigenvalue weighted by Crippen LogP contribution is 2.07. The average molecular weight is 145 g/mol. The highest BCUT2D eigenvalue weighted by atomic mass is 16.6. The second-order valence-corrected chi connectivity index (χ2v) is 2.34. The van der Waals surface area contributed by atoms with Crippen molar-refractivity contribution in [1.29, 1.82) is 0 Å². The third kappa shape index (κ3) is 1.21. The van der Waals surface area contributed by atoms with Crippen molar-refractivity contribution >= 4 is 6.09 Å². The van der Waals surface area contributed by atoms with E-state index in [2.05, 4.69) is 4.74 Å². The van der Waals surface area contributed by atoms with E-state index in [1.54, 1.807) is 6.92 Å². The number of ether oxygens (including phenoxy) is 1. The third-order valence-electron chi connectivity index (χ3n) is 1.59. The topological polar surface area (TPSA) is 49.8 Å². The van der Waals surface area contributed by atoms with Crippen LogP contribution in [0.5, 0.6) is 0 Å². The Labute approximate surface area is 59.4 Å². The molecule has 0 bridgehead atoms. The first-order valence-electron chi connectivity index (χ1n) is 3.30. The fourth-order valence-electron chi connectivity index (χ4n) is 0.904. The number of aliphatic hydroxyl groups excluding tert-OH is 1. The number of amides is 1. The van der Waals surface area contributed by atoms with Gasteiger partial charge in [0, 0.05) is 0 Å². The second kappa shape index (κ2) is 2.88. The highest BCUT2D eigenvalue weighted by molar-refractivity contribution is 5.69. The molecule has 1 N–H and O–H groups in total. The predicted octanol–water partition coefficient (Wildman–Crippen LogP) is -0.181. The van der Waals surface area contributed by atoms with Crippen molar-refractivity contribution in [2.24, 2.45) is 0 Å². The van der Waals surface area contributed by atoms with Gasteiger partial charge in [0.05, 0.1) is 19.2 Å². The van der Waals surface area contributed by atoms with Crippen LogP contribution in [0.2, 0.25) is 0 Å². The lowest BCUT2D eigenvalue weighted by molar-refractivity contribution is 0.131. The molecule has 1 rings (SSSR count). The van der Waals surface area contributed by atoms with E-state index < -0.39 is 0 Å². The molecule has 10 heavy (non-hydrogen) atoms. The van der Waals surface area contributed by atoms with Gasteiger partial charge in [0.25, 0.3) is 0 Å². The summed E-state index contributed by atoms with van der Waals surface area (Å²) in [5, 5.41) is 8.66. The molecule has 4 heteroatoms. The molecule has 1 saturated heterocycles. The van der Waals surface area contributed by atoms with E-state index in [0.717, 1.165) is 0 Å². The van der Waals surface area contributed by atoms with Crippen LogP contribution in [0.25, 0.3) is 0 Å². The average Bonchev–Trinajstić information content (AvgIpc) is 2.34. The molecule has 0 aromatic rings. The summed E-state index contributed by atoms with van der Waals surface area (Å²) >= 11 is 0. The minimum absolute atomic E-state index is 0.00486. The van der Waals surface area contributed by atoms with Crippen molar-refractivity contribution in [1.82, 2.24) is 4.90 Å². The predicted molar refractivity (Wildman–Crippen MR) is 34.6 cm³/mol. The van der Waals surface area contributed by atoms with Crippen LogP contribution >= 0.6 is 0 Å². The van der Waals surface area contributed by atoms with Crippen LogP contribution in [0.1, 0.15) is 6.92 Å². The first kappa shape index (κ1) is 7.34. The molecule has 1 aliphatic heterocycles. The van der Waals surface area contributed by atoms with Crippen molar-refractivity contribution in [2.45, 2.75) is 13.0 Å². The quantitative estimate of drug-likeness (QED) is 0.586. The molecular weight excluding hydrogens is 134 g/mol. The Bertz CT molecular complexity index is 137. The molecule has 0 saturated carbocycles. The van der Waals surface area contributed by atoms with Crippen LogP contribution in [0.4, 0.5) is 4.79 Å². The Morgan fingerprint density at radius 1 is 1.90 bits per heavy atom. The first-order valence-corrected chi connectivity index (χ1v) is 3.30. The Morgan fingerprint density at radius 3 is 3.00 bits per heavy atom. The zero-order valence-corrected chi connectivity index (χ0v) is 5.91. The minimum Gasteiger partial charge on any atom is -0.448 e. The molecular formula is C6H11NO3. The lowest BCUT2D eigenvalue weighted by atomic mass is 10.3. The molecule has 1 heterocycles. The van der Waals surface area contributed by atoms with Crippen LogP contribution in [0.15, 0.2) is 0 Å². The van der Waals surface area contributed by atoms with Gasteiger partial charge in [-0.1, -0.05) is 0 Å². The molecule has 0 unspecified atom stereocenters. The zero-order valence-electron chi connectivity index (χ0n) is 5.91. The number of hydrogen-bond donors (Lipinski definition) is 1. The minimum atomic E-state index is -0.318. The van der Waals surface area contributed by atoms with E-state index in [4.69, 9.17) is 5.11 Å². The largest absolute Gasteiger partial charge is 0.448 e. The number of hydrogen-bond acceptors (Lipinski definition) is 3. The molecule has 1 amide bonds. The van der Waals surface area contributed by atoms with Crippen LogP contribution in [0, 0.1) is 0 Å². The maximum absolute atomic E-state index is 10.8. The molecule has 0 aromatic heterocycles. The van der Waals surface area contributed by atoms with Gasteiger partial charge in [0.15, 0.2) is 0 Å². The Hall–Kier alpha value is -0.770. The molecule has 1 aliphatic rings. The summed E-state index contributed by atoms with van der Waals surface area (Å²) in [6, 6.07) is -0.116. The van der Waals surface area contributed by atoms with Gasteiger partial charge in [0.2, 0.25) is 0 Å². The number of nitrogens with zero attached hydrogens (tertiary/aromatic N) is 1. The van der Waals surface area contributed by atoms with Crippen LogP contribution in [0.3, 0.4) is 0 Å². The third-order valence-corrected chi connectivity index (χ3v) is 1.59. The summed E-state index contributed by atoms with van der Waals surface area (Å²) in [4.78, 5) is 12.3.